The Bertz CT molecular complexity index is 314. The Balaban J connectivity index is 2.85. The summed E-state index contributed by atoms with van der Waals surface area (Å²) in [4.78, 5) is 3.99. The molecule has 0 heterocycles. The van der Waals surface area contributed by atoms with Gasteiger partial charge in [0.25, 0.3) is 0 Å². The highest BCUT2D eigenvalue weighted by Crippen LogP contribution is 2.20. The number of rotatable bonds is 3. The molecule has 13 heavy (non-hydrogen) atoms. The van der Waals surface area contributed by atoms with Gasteiger partial charge >= 0.3 is 0 Å². The van der Waals surface area contributed by atoms with Crippen LogP contribution in [0.5, 0.6) is 0 Å². The fourth-order valence-electron chi connectivity index (χ4n) is 1.03. The third-order valence-electron chi connectivity index (χ3n) is 1.82. The Morgan fingerprint density at radius 2 is 2.00 bits per heavy atom. The van der Waals surface area contributed by atoms with Crippen LogP contribution in [0.1, 0.15) is 18.5 Å². The SMILES string of the molecule is CSc1ccc([C@@H](C)N=[N+]=[N-])cc1. The average Bonchev–Trinajstić information content (AvgIpc) is 2.18. The van der Waals surface area contributed by atoms with E-state index in [0.717, 1.165) is 5.56 Å². The molecular formula is C9H11N3S. The lowest BCUT2D eigenvalue weighted by atomic mass is 10.1. The zero-order chi connectivity index (χ0) is 9.68. The van der Waals surface area contributed by atoms with E-state index in [9.17, 15) is 0 Å². The normalized spacial score (nSPS) is 11.8. The van der Waals surface area contributed by atoms with Crippen molar-refractivity contribution in [1.82, 2.24) is 0 Å². The molecule has 1 atom stereocenters. The number of hydrogen-bond donors (Lipinski definition) is 0. The molecule has 0 aliphatic carbocycles. The summed E-state index contributed by atoms with van der Waals surface area (Å²) in [6.07, 6.45) is 2.03. The molecule has 1 rings (SSSR count). The molecule has 0 aromatic heterocycles. The van der Waals surface area contributed by atoms with Gasteiger partial charge in [-0.15, -0.1) is 11.8 Å². The van der Waals surface area contributed by atoms with E-state index in [1.54, 1.807) is 11.8 Å². The first-order valence-electron chi connectivity index (χ1n) is 3.96. The van der Waals surface area contributed by atoms with E-state index in [4.69, 9.17) is 5.53 Å². The van der Waals surface area contributed by atoms with Crippen LogP contribution in [0.25, 0.3) is 10.4 Å². The number of nitrogens with zero attached hydrogens (tertiary/aromatic N) is 3. The van der Waals surface area contributed by atoms with Crippen molar-refractivity contribution in [2.24, 2.45) is 5.11 Å². The van der Waals surface area contributed by atoms with Crippen molar-refractivity contribution in [1.29, 1.82) is 0 Å². The van der Waals surface area contributed by atoms with Crippen molar-refractivity contribution in [2.75, 3.05) is 6.26 Å². The summed E-state index contributed by atoms with van der Waals surface area (Å²) >= 11 is 1.70. The summed E-state index contributed by atoms with van der Waals surface area (Å²) in [5.74, 6) is 0. The summed E-state index contributed by atoms with van der Waals surface area (Å²) in [5, 5.41) is 3.62. The minimum atomic E-state index is -0.0825. The average molecular weight is 193 g/mol. The highest BCUT2D eigenvalue weighted by Gasteiger charge is 2.01. The van der Waals surface area contributed by atoms with Crippen molar-refractivity contribution in [2.45, 2.75) is 17.9 Å². The van der Waals surface area contributed by atoms with Crippen molar-refractivity contribution in [3.8, 4) is 0 Å². The molecule has 0 aliphatic rings. The molecule has 0 fully saturated rings. The highest BCUT2D eigenvalue weighted by atomic mass is 32.2. The van der Waals surface area contributed by atoms with Crippen LogP contribution in [-0.4, -0.2) is 6.26 Å². The van der Waals surface area contributed by atoms with E-state index in [1.165, 1.54) is 4.90 Å². The predicted octanol–water partition coefficient (Wildman–Crippen LogP) is 3.78. The molecule has 0 spiro atoms. The van der Waals surface area contributed by atoms with Gasteiger partial charge in [-0.1, -0.05) is 24.2 Å². The summed E-state index contributed by atoms with van der Waals surface area (Å²) in [7, 11) is 0. The number of thioether (sulfide) groups is 1. The van der Waals surface area contributed by atoms with Crippen LogP contribution in [0.15, 0.2) is 34.3 Å². The lowest BCUT2D eigenvalue weighted by Crippen LogP contribution is -1.86. The second-order valence-electron chi connectivity index (χ2n) is 2.65. The molecule has 0 N–H and O–H groups in total. The molecule has 3 nitrogen and oxygen atoms in total. The van der Waals surface area contributed by atoms with Gasteiger partial charge in [0, 0.05) is 9.81 Å². The van der Waals surface area contributed by atoms with E-state index in [0.29, 0.717) is 0 Å². The topological polar surface area (TPSA) is 48.8 Å². The molecule has 1 aromatic carbocycles. The van der Waals surface area contributed by atoms with E-state index >= 15 is 0 Å². The van der Waals surface area contributed by atoms with E-state index < -0.39 is 0 Å². The fraction of sp³-hybridized carbons (Fsp3) is 0.333. The molecule has 0 radical (unpaired) electrons. The first kappa shape index (κ1) is 9.96. The summed E-state index contributed by atoms with van der Waals surface area (Å²) in [5.41, 5.74) is 9.30. The zero-order valence-corrected chi connectivity index (χ0v) is 8.45. The van der Waals surface area contributed by atoms with Crippen molar-refractivity contribution in [3.05, 3.63) is 40.3 Å². The maximum atomic E-state index is 8.25. The Labute approximate surface area is 81.8 Å². The van der Waals surface area contributed by atoms with E-state index in [2.05, 4.69) is 10.0 Å². The monoisotopic (exact) mass is 193 g/mol. The second-order valence-corrected chi connectivity index (χ2v) is 3.53. The third kappa shape index (κ3) is 2.68. The van der Waals surface area contributed by atoms with E-state index in [1.807, 2.05) is 37.4 Å². The lowest BCUT2D eigenvalue weighted by Gasteiger charge is -2.04. The van der Waals surface area contributed by atoms with Gasteiger partial charge in [0.1, 0.15) is 0 Å². The molecular weight excluding hydrogens is 182 g/mol. The van der Waals surface area contributed by atoms with Crippen molar-refractivity contribution >= 4 is 11.8 Å². The van der Waals surface area contributed by atoms with Gasteiger partial charge in [-0.3, -0.25) is 0 Å². The minimum Gasteiger partial charge on any atom is -0.130 e. The predicted molar refractivity (Wildman–Crippen MR) is 55.8 cm³/mol. The van der Waals surface area contributed by atoms with Crippen molar-refractivity contribution in [3.63, 3.8) is 0 Å². The van der Waals surface area contributed by atoms with Crippen molar-refractivity contribution < 1.29 is 0 Å². The van der Waals surface area contributed by atoms with Gasteiger partial charge in [0.2, 0.25) is 0 Å². The number of benzene rings is 1. The van der Waals surface area contributed by atoms with Gasteiger partial charge in [0.05, 0.1) is 6.04 Å². The molecule has 0 amide bonds. The van der Waals surface area contributed by atoms with Crippen LogP contribution >= 0.6 is 11.8 Å². The van der Waals surface area contributed by atoms with Crippen LogP contribution in [0, 0.1) is 0 Å². The lowest BCUT2D eigenvalue weighted by molar-refractivity contribution is 0.806. The zero-order valence-electron chi connectivity index (χ0n) is 7.64. The molecule has 0 saturated carbocycles. The Kier molecular flexibility index (Phi) is 3.68. The first-order valence-corrected chi connectivity index (χ1v) is 5.18. The molecule has 0 saturated heterocycles. The standard InChI is InChI=1S/C9H11N3S/c1-7(11-12-10)8-3-5-9(13-2)6-4-8/h3-7H,1-2H3/t7-/m1/s1. The summed E-state index contributed by atoms with van der Waals surface area (Å²) in [6, 6.07) is 7.96. The molecule has 0 aliphatic heterocycles. The van der Waals surface area contributed by atoms with E-state index in [-0.39, 0.29) is 6.04 Å². The smallest absolute Gasteiger partial charge is 0.0597 e. The second kappa shape index (κ2) is 4.80. The van der Waals surface area contributed by atoms with Crippen LogP contribution in [0.2, 0.25) is 0 Å². The fourth-order valence-corrected chi connectivity index (χ4v) is 1.43. The third-order valence-corrected chi connectivity index (χ3v) is 2.57. The Morgan fingerprint density at radius 1 is 1.38 bits per heavy atom. The van der Waals surface area contributed by atoms with Gasteiger partial charge in [-0.25, -0.2) is 0 Å². The molecule has 0 bridgehead atoms. The van der Waals surface area contributed by atoms with Crippen LogP contribution < -0.4 is 0 Å². The minimum absolute atomic E-state index is 0.0825. The van der Waals surface area contributed by atoms with Gasteiger partial charge in [-0.2, -0.15) is 0 Å². The molecule has 68 valence electrons. The van der Waals surface area contributed by atoms with Crippen LogP contribution in [0.4, 0.5) is 0 Å². The molecule has 0 unspecified atom stereocenters. The quantitative estimate of drug-likeness (QED) is 0.312. The number of azide groups is 1. The Morgan fingerprint density at radius 3 is 2.46 bits per heavy atom. The molecule has 4 heteroatoms. The van der Waals surface area contributed by atoms with Gasteiger partial charge < -0.3 is 0 Å². The maximum Gasteiger partial charge on any atom is 0.0597 e. The molecule has 1 aromatic rings. The summed E-state index contributed by atoms with van der Waals surface area (Å²) in [6.45, 7) is 1.88. The first-order chi connectivity index (χ1) is 6.27. The summed E-state index contributed by atoms with van der Waals surface area (Å²) < 4.78 is 0. The van der Waals surface area contributed by atoms with Crippen LogP contribution in [-0.2, 0) is 0 Å². The van der Waals surface area contributed by atoms with Gasteiger partial charge in [0.15, 0.2) is 0 Å². The highest BCUT2D eigenvalue weighted by molar-refractivity contribution is 7.98. The number of hydrogen-bond acceptors (Lipinski definition) is 2. The largest absolute Gasteiger partial charge is 0.130 e. The maximum absolute atomic E-state index is 8.25. The van der Waals surface area contributed by atoms with Gasteiger partial charge in [-0.05, 0) is 29.5 Å². The van der Waals surface area contributed by atoms with Crippen LogP contribution in [0.3, 0.4) is 0 Å². The Hall–Kier alpha value is -1.12.